The summed E-state index contributed by atoms with van der Waals surface area (Å²) in [5.41, 5.74) is 2.23. The Labute approximate surface area is 189 Å². The van der Waals surface area contributed by atoms with Crippen molar-refractivity contribution in [2.24, 2.45) is 0 Å². The number of imide groups is 1. The van der Waals surface area contributed by atoms with Crippen LogP contribution < -0.4 is 10.6 Å². The van der Waals surface area contributed by atoms with E-state index < -0.39 is 5.82 Å². The number of hydrogen-bond donors (Lipinski definition) is 2. The van der Waals surface area contributed by atoms with Crippen molar-refractivity contribution in [1.82, 2.24) is 10.2 Å². The molecule has 33 heavy (non-hydrogen) atoms. The maximum absolute atomic E-state index is 13.6. The maximum atomic E-state index is 13.6. The average Bonchev–Trinajstić information content (AvgIpc) is 3.07. The van der Waals surface area contributed by atoms with Gasteiger partial charge in [-0.3, -0.25) is 19.3 Å². The van der Waals surface area contributed by atoms with E-state index in [1.807, 2.05) is 6.07 Å². The lowest BCUT2D eigenvalue weighted by Crippen LogP contribution is -2.29. The summed E-state index contributed by atoms with van der Waals surface area (Å²) in [5.74, 6) is -1.57. The fraction of sp³-hybridized carbons (Fsp3) is 0.120. The first-order valence-electron chi connectivity index (χ1n) is 10.2. The Morgan fingerprint density at radius 2 is 1.58 bits per heavy atom. The minimum absolute atomic E-state index is 0.0718. The van der Waals surface area contributed by atoms with E-state index in [1.54, 1.807) is 54.6 Å². The summed E-state index contributed by atoms with van der Waals surface area (Å²) < 4.78 is 13.6. The molecular weight excluding hydrogens is 423 g/mol. The van der Waals surface area contributed by atoms with Crippen LogP contribution in [0.5, 0.6) is 0 Å². The molecule has 164 valence electrons. The third-order valence-corrected chi connectivity index (χ3v) is 5.29. The number of nitrogens with one attached hydrogen (secondary N) is 2. The molecule has 7 nitrogen and oxygen atoms in total. The molecule has 0 atom stereocenters. The summed E-state index contributed by atoms with van der Waals surface area (Å²) in [7, 11) is 0. The topological polar surface area (TPSA) is 102 Å². The Morgan fingerprint density at radius 3 is 2.21 bits per heavy atom. The first-order chi connectivity index (χ1) is 16.0. The molecule has 4 rings (SSSR count). The number of carbonyl (C=O) groups excluding carboxylic acids is 3. The molecular formula is C25H19FN4O3. The van der Waals surface area contributed by atoms with Crippen LogP contribution >= 0.6 is 0 Å². The second-order valence-electron chi connectivity index (χ2n) is 7.40. The van der Waals surface area contributed by atoms with Crippen molar-refractivity contribution in [2.45, 2.75) is 6.54 Å². The molecule has 8 heteroatoms. The lowest BCUT2D eigenvalue weighted by Gasteiger charge is -2.14. The van der Waals surface area contributed by atoms with Gasteiger partial charge in [-0.2, -0.15) is 5.26 Å². The number of fused-ring (bicyclic) bond motifs is 1. The molecule has 0 aromatic heterocycles. The van der Waals surface area contributed by atoms with Gasteiger partial charge in [0.05, 0.1) is 23.4 Å². The smallest absolute Gasteiger partial charge is 0.261 e. The number of hydrogen-bond acceptors (Lipinski definition) is 5. The van der Waals surface area contributed by atoms with Crippen molar-refractivity contribution in [2.75, 3.05) is 18.4 Å². The van der Waals surface area contributed by atoms with E-state index in [2.05, 4.69) is 10.6 Å². The molecule has 1 heterocycles. The Bertz CT molecular complexity index is 1250. The largest absolute Gasteiger partial charge is 0.382 e. The predicted molar refractivity (Wildman–Crippen MR) is 119 cm³/mol. The van der Waals surface area contributed by atoms with Crippen LogP contribution in [0.4, 0.5) is 10.1 Å². The molecule has 3 aromatic carbocycles. The Hall–Kier alpha value is -4.51. The van der Waals surface area contributed by atoms with Crippen LogP contribution in [0.15, 0.2) is 66.7 Å². The number of nitriles is 1. The van der Waals surface area contributed by atoms with Crippen LogP contribution in [-0.2, 0) is 6.54 Å². The molecule has 0 aliphatic carbocycles. The molecule has 2 N–H and O–H groups in total. The average molecular weight is 442 g/mol. The minimum atomic E-state index is -0.604. The molecule has 3 aromatic rings. The highest BCUT2D eigenvalue weighted by molar-refractivity contribution is 6.21. The Morgan fingerprint density at radius 1 is 0.909 bits per heavy atom. The van der Waals surface area contributed by atoms with Crippen LogP contribution in [0.2, 0.25) is 0 Å². The third-order valence-electron chi connectivity index (χ3n) is 5.29. The summed E-state index contributed by atoms with van der Waals surface area (Å²) in [6.07, 6.45) is 0. The minimum Gasteiger partial charge on any atom is -0.382 e. The quantitative estimate of drug-likeness (QED) is 0.432. The molecule has 1 aliphatic heterocycles. The zero-order chi connectivity index (χ0) is 23.4. The molecule has 0 saturated carbocycles. The van der Waals surface area contributed by atoms with E-state index in [0.717, 1.165) is 5.56 Å². The van der Waals surface area contributed by atoms with Gasteiger partial charge in [-0.1, -0.05) is 30.3 Å². The molecule has 0 fully saturated rings. The van der Waals surface area contributed by atoms with Gasteiger partial charge in [-0.25, -0.2) is 4.39 Å². The fourth-order valence-electron chi connectivity index (χ4n) is 3.59. The van der Waals surface area contributed by atoms with E-state index in [-0.39, 0.29) is 36.4 Å². The molecule has 0 spiro atoms. The van der Waals surface area contributed by atoms with Crippen molar-refractivity contribution >= 4 is 23.4 Å². The molecule has 0 radical (unpaired) electrons. The molecule has 3 amide bonds. The van der Waals surface area contributed by atoms with Crippen LogP contribution in [0.3, 0.4) is 0 Å². The van der Waals surface area contributed by atoms with Crippen LogP contribution in [0.1, 0.15) is 42.2 Å². The third kappa shape index (κ3) is 4.43. The zero-order valence-corrected chi connectivity index (χ0v) is 17.5. The summed E-state index contributed by atoms with van der Waals surface area (Å²) >= 11 is 0. The second-order valence-corrected chi connectivity index (χ2v) is 7.40. The number of carbonyl (C=O) groups is 3. The predicted octanol–water partition coefficient (Wildman–Crippen LogP) is 3.34. The maximum Gasteiger partial charge on any atom is 0.261 e. The normalized spacial score (nSPS) is 12.3. The van der Waals surface area contributed by atoms with E-state index >= 15 is 0 Å². The van der Waals surface area contributed by atoms with E-state index in [9.17, 15) is 18.8 Å². The van der Waals surface area contributed by atoms with E-state index in [1.165, 1.54) is 17.0 Å². The van der Waals surface area contributed by atoms with Gasteiger partial charge in [-0.15, -0.1) is 0 Å². The van der Waals surface area contributed by atoms with Crippen molar-refractivity contribution in [3.63, 3.8) is 0 Å². The van der Waals surface area contributed by atoms with Gasteiger partial charge in [0, 0.05) is 18.7 Å². The molecule has 1 aliphatic rings. The second kappa shape index (κ2) is 9.32. The monoisotopic (exact) mass is 442 g/mol. The number of benzene rings is 3. The Balaban J connectivity index is 1.30. The number of amides is 3. The summed E-state index contributed by atoms with van der Waals surface area (Å²) in [4.78, 5) is 38.5. The van der Waals surface area contributed by atoms with Crippen molar-refractivity contribution in [3.05, 3.63) is 100 Å². The highest BCUT2D eigenvalue weighted by atomic mass is 19.1. The molecule has 0 saturated heterocycles. The molecule has 0 bridgehead atoms. The van der Waals surface area contributed by atoms with Crippen molar-refractivity contribution in [3.8, 4) is 6.07 Å². The summed E-state index contributed by atoms with van der Waals surface area (Å²) in [6, 6.07) is 19.5. The zero-order valence-electron chi connectivity index (χ0n) is 17.5. The van der Waals surface area contributed by atoms with Gasteiger partial charge in [0.2, 0.25) is 0 Å². The van der Waals surface area contributed by atoms with Crippen LogP contribution in [0.25, 0.3) is 0 Å². The lowest BCUT2D eigenvalue weighted by atomic mass is 10.1. The summed E-state index contributed by atoms with van der Waals surface area (Å²) in [6.45, 7) is 0.686. The number of anilines is 1. The van der Waals surface area contributed by atoms with E-state index in [0.29, 0.717) is 28.9 Å². The molecule has 0 unspecified atom stereocenters. The van der Waals surface area contributed by atoms with Gasteiger partial charge in [0.15, 0.2) is 0 Å². The highest BCUT2D eigenvalue weighted by Gasteiger charge is 2.34. The van der Waals surface area contributed by atoms with E-state index in [4.69, 9.17) is 5.26 Å². The van der Waals surface area contributed by atoms with Crippen molar-refractivity contribution < 1.29 is 18.8 Å². The first-order valence-corrected chi connectivity index (χ1v) is 10.2. The number of nitrogens with zero attached hydrogens (tertiary/aromatic N) is 2. The fourth-order valence-corrected chi connectivity index (χ4v) is 3.59. The van der Waals surface area contributed by atoms with Crippen LogP contribution in [-0.4, -0.2) is 35.7 Å². The van der Waals surface area contributed by atoms with Gasteiger partial charge in [0.25, 0.3) is 17.7 Å². The Kier molecular flexibility index (Phi) is 6.13. The summed E-state index contributed by atoms with van der Waals surface area (Å²) in [5, 5.41) is 14.7. The van der Waals surface area contributed by atoms with Crippen molar-refractivity contribution in [1.29, 1.82) is 5.26 Å². The number of rotatable bonds is 7. The number of halogens is 1. The van der Waals surface area contributed by atoms with Gasteiger partial charge >= 0.3 is 0 Å². The standard InChI is InChI=1S/C25H19FN4O3/c26-21-6-3-7-22(20(21)14-27)28-12-13-29-23(31)17-10-8-16(9-11-17)15-30-24(32)18-4-1-2-5-19(18)25(30)33/h1-11,28H,12-13,15H2,(H,29,31). The van der Waals surface area contributed by atoms with Gasteiger partial charge < -0.3 is 10.6 Å². The highest BCUT2D eigenvalue weighted by Crippen LogP contribution is 2.24. The SMILES string of the molecule is N#Cc1c(F)cccc1NCCNC(=O)c1ccc(CN2C(=O)c3ccccc3C2=O)cc1. The lowest BCUT2D eigenvalue weighted by molar-refractivity contribution is 0.0641. The van der Waals surface area contributed by atoms with Crippen LogP contribution in [0, 0.1) is 17.1 Å². The first kappa shape index (κ1) is 21.7. The van der Waals surface area contributed by atoms with Gasteiger partial charge in [0.1, 0.15) is 17.4 Å². The van der Waals surface area contributed by atoms with Gasteiger partial charge in [-0.05, 0) is 42.0 Å².